The summed E-state index contributed by atoms with van der Waals surface area (Å²) in [5.74, 6) is 0.771. The smallest absolute Gasteiger partial charge is 0.176 e. The van der Waals surface area contributed by atoms with Crippen LogP contribution in [0.3, 0.4) is 0 Å². The fraction of sp³-hybridized carbons (Fsp3) is 0.500. The average molecular weight is 251 g/mol. The minimum absolute atomic E-state index is 0.0775. The van der Waals surface area contributed by atoms with Crippen LogP contribution in [0.15, 0.2) is 24.3 Å². The zero-order valence-corrected chi connectivity index (χ0v) is 11.1. The van der Waals surface area contributed by atoms with Crippen LogP contribution >= 0.6 is 0 Å². The number of carbonyl (C=O) groups is 1. The van der Waals surface area contributed by atoms with Crippen LogP contribution in [0.5, 0.6) is 5.75 Å². The van der Waals surface area contributed by atoms with E-state index in [9.17, 15) is 4.79 Å². The molecule has 1 aromatic carbocycles. The largest absolute Gasteiger partial charge is 0.497 e. The maximum atomic E-state index is 12.1. The monoisotopic (exact) mass is 251 g/mol. The standard InChI is InChI=1S/C14H21NO3/c1-3-15(8-5-9-16)11-14(17)12-6-4-7-13(10-12)18-2/h4,6-7,10,16H,3,5,8-9,11H2,1-2H3. The zero-order valence-electron chi connectivity index (χ0n) is 11.1. The molecule has 100 valence electrons. The SMILES string of the molecule is CCN(CCCO)CC(=O)c1cccc(OC)c1. The number of Topliss-reactive ketones (excluding diaryl/α,β-unsaturated/α-hetero) is 1. The van der Waals surface area contributed by atoms with Crippen LogP contribution in [-0.4, -0.2) is 49.1 Å². The first-order chi connectivity index (χ1) is 8.71. The summed E-state index contributed by atoms with van der Waals surface area (Å²) in [5, 5.41) is 8.80. The molecule has 0 bridgehead atoms. The number of likely N-dealkylation sites (N-methyl/N-ethyl adjacent to an activating group) is 1. The predicted molar refractivity (Wildman–Crippen MR) is 71.1 cm³/mol. The van der Waals surface area contributed by atoms with Gasteiger partial charge in [0.05, 0.1) is 13.7 Å². The van der Waals surface area contributed by atoms with Crippen molar-refractivity contribution in [3.8, 4) is 5.75 Å². The van der Waals surface area contributed by atoms with Gasteiger partial charge < -0.3 is 9.84 Å². The molecule has 0 aromatic heterocycles. The Bertz CT molecular complexity index is 379. The van der Waals surface area contributed by atoms with Crippen LogP contribution in [0.1, 0.15) is 23.7 Å². The van der Waals surface area contributed by atoms with Crippen LogP contribution < -0.4 is 4.74 Å². The van der Waals surface area contributed by atoms with E-state index in [1.165, 1.54) is 0 Å². The second-order valence-corrected chi connectivity index (χ2v) is 4.10. The molecule has 4 nitrogen and oxygen atoms in total. The summed E-state index contributed by atoms with van der Waals surface area (Å²) >= 11 is 0. The third kappa shape index (κ3) is 4.47. The molecule has 1 N–H and O–H groups in total. The fourth-order valence-corrected chi connectivity index (χ4v) is 1.73. The molecule has 0 aliphatic rings. The van der Waals surface area contributed by atoms with Gasteiger partial charge >= 0.3 is 0 Å². The van der Waals surface area contributed by atoms with E-state index in [4.69, 9.17) is 9.84 Å². The van der Waals surface area contributed by atoms with Gasteiger partial charge in [0.1, 0.15) is 5.75 Å². The first-order valence-electron chi connectivity index (χ1n) is 6.21. The molecule has 4 heteroatoms. The number of ether oxygens (including phenoxy) is 1. The van der Waals surface area contributed by atoms with Crippen molar-refractivity contribution in [1.82, 2.24) is 4.90 Å². The molecule has 0 amide bonds. The van der Waals surface area contributed by atoms with E-state index in [-0.39, 0.29) is 12.4 Å². The Hall–Kier alpha value is -1.39. The quantitative estimate of drug-likeness (QED) is 0.713. The van der Waals surface area contributed by atoms with Crippen LogP contribution in [-0.2, 0) is 0 Å². The predicted octanol–water partition coefficient (Wildman–Crippen LogP) is 1.58. The summed E-state index contributed by atoms with van der Waals surface area (Å²) in [6.45, 7) is 4.09. The van der Waals surface area contributed by atoms with Gasteiger partial charge in [-0.3, -0.25) is 9.69 Å². The highest BCUT2D eigenvalue weighted by molar-refractivity contribution is 5.97. The lowest BCUT2D eigenvalue weighted by Gasteiger charge is -2.18. The van der Waals surface area contributed by atoms with Gasteiger partial charge in [-0.15, -0.1) is 0 Å². The second-order valence-electron chi connectivity index (χ2n) is 4.10. The minimum Gasteiger partial charge on any atom is -0.497 e. The second kappa shape index (κ2) is 7.84. The number of hydrogen-bond acceptors (Lipinski definition) is 4. The molecule has 0 fully saturated rings. The Balaban J connectivity index is 2.62. The van der Waals surface area contributed by atoms with Gasteiger partial charge in [-0.2, -0.15) is 0 Å². The number of aliphatic hydroxyl groups excluding tert-OH is 1. The number of aliphatic hydroxyl groups is 1. The molecular formula is C14H21NO3. The maximum Gasteiger partial charge on any atom is 0.176 e. The summed E-state index contributed by atoms with van der Waals surface area (Å²) in [7, 11) is 1.59. The summed E-state index contributed by atoms with van der Waals surface area (Å²) in [4.78, 5) is 14.1. The van der Waals surface area contributed by atoms with E-state index in [1.807, 2.05) is 24.0 Å². The third-order valence-electron chi connectivity index (χ3n) is 2.84. The third-order valence-corrected chi connectivity index (χ3v) is 2.84. The van der Waals surface area contributed by atoms with Crippen LogP contribution in [0, 0.1) is 0 Å². The maximum absolute atomic E-state index is 12.1. The highest BCUT2D eigenvalue weighted by Crippen LogP contribution is 2.13. The van der Waals surface area contributed by atoms with E-state index in [0.717, 1.165) is 13.1 Å². The molecule has 1 rings (SSSR count). The average Bonchev–Trinajstić information content (AvgIpc) is 2.43. The molecular weight excluding hydrogens is 230 g/mol. The summed E-state index contributed by atoms with van der Waals surface area (Å²) in [5.41, 5.74) is 0.664. The first-order valence-corrected chi connectivity index (χ1v) is 6.21. The van der Waals surface area contributed by atoms with Gasteiger partial charge in [0.15, 0.2) is 5.78 Å². The van der Waals surface area contributed by atoms with E-state index in [0.29, 0.717) is 24.3 Å². The Morgan fingerprint density at radius 3 is 2.83 bits per heavy atom. The minimum atomic E-state index is 0.0775. The molecule has 0 spiro atoms. The first kappa shape index (κ1) is 14.7. The van der Waals surface area contributed by atoms with Crippen molar-refractivity contribution >= 4 is 5.78 Å². The molecule has 1 aromatic rings. The Kier molecular flexibility index (Phi) is 6.39. The summed E-state index contributed by atoms with van der Waals surface area (Å²) < 4.78 is 5.10. The number of methoxy groups -OCH3 is 1. The summed E-state index contributed by atoms with van der Waals surface area (Å²) in [6.07, 6.45) is 0.694. The van der Waals surface area contributed by atoms with Crippen molar-refractivity contribution < 1.29 is 14.6 Å². The van der Waals surface area contributed by atoms with Gasteiger partial charge in [-0.25, -0.2) is 0 Å². The topological polar surface area (TPSA) is 49.8 Å². The van der Waals surface area contributed by atoms with Crippen molar-refractivity contribution in [2.45, 2.75) is 13.3 Å². The van der Waals surface area contributed by atoms with Crippen molar-refractivity contribution in [2.75, 3.05) is 33.4 Å². The zero-order chi connectivity index (χ0) is 13.4. The lowest BCUT2D eigenvalue weighted by molar-refractivity contribution is 0.0928. The Labute approximate surface area is 108 Å². The lowest BCUT2D eigenvalue weighted by Crippen LogP contribution is -2.31. The molecule has 0 unspecified atom stereocenters. The summed E-state index contributed by atoms with van der Waals surface area (Å²) in [6, 6.07) is 7.18. The number of nitrogens with zero attached hydrogens (tertiary/aromatic N) is 1. The van der Waals surface area contributed by atoms with Crippen LogP contribution in [0.25, 0.3) is 0 Å². The van der Waals surface area contributed by atoms with Crippen molar-refractivity contribution in [2.24, 2.45) is 0 Å². The van der Waals surface area contributed by atoms with E-state index < -0.39 is 0 Å². The molecule has 0 aliphatic heterocycles. The van der Waals surface area contributed by atoms with Gasteiger partial charge in [0.25, 0.3) is 0 Å². The normalized spacial score (nSPS) is 10.7. The van der Waals surface area contributed by atoms with Crippen LogP contribution in [0.2, 0.25) is 0 Å². The highest BCUT2D eigenvalue weighted by atomic mass is 16.5. The fourth-order valence-electron chi connectivity index (χ4n) is 1.73. The molecule has 0 saturated heterocycles. The van der Waals surface area contributed by atoms with Crippen molar-refractivity contribution in [3.05, 3.63) is 29.8 Å². The number of benzene rings is 1. The van der Waals surface area contributed by atoms with Crippen molar-refractivity contribution in [3.63, 3.8) is 0 Å². The Morgan fingerprint density at radius 1 is 1.44 bits per heavy atom. The van der Waals surface area contributed by atoms with E-state index in [2.05, 4.69) is 0 Å². The van der Waals surface area contributed by atoms with E-state index >= 15 is 0 Å². The van der Waals surface area contributed by atoms with E-state index in [1.54, 1.807) is 19.2 Å². The molecule has 0 atom stereocenters. The Morgan fingerprint density at radius 2 is 2.22 bits per heavy atom. The van der Waals surface area contributed by atoms with Crippen molar-refractivity contribution in [1.29, 1.82) is 0 Å². The number of rotatable bonds is 8. The molecule has 0 heterocycles. The lowest BCUT2D eigenvalue weighted by atomic mass is 10.1. The molecule has 0 saturated carbocycles. The molecule has 18 heavy (non-hydrogen) atoms. The van der Waals surface area contributed by atoms with Gasteiger partial charge in [0.2, 0.25) is 0 Å². The highest BCUT2D eigenvalue weighted by Gasteiger charge is 2.11. The molecule has 0 radical (unpaired) electrons. The number of carbonyl (C=O) groups excluding carboxylic acids is 1. The van der Waals surface area contributed by atoms with Gasteiger partial charge in [-0.1, -0.05) is 19.1 Å². The van der Waals surface area contributed by atoms with Crippen LogP contribution in [0.4, 0.5) is 0 Å². The van der Waals surface area contributed by atoms with Gasteiger partial charge in [-0.05, 0) is 25.1 Å². The van der Waals surface area contributed by atoms with Gasteiger partial charge in [0, 0.05) is 18.7 Å². The number of hydrogen-bond donors (Lipinski definition) is 1. The molecule has 0 aliphatic carbocycles. The number of ketones is 1.